The molecule has 7 unspecified atom stereocenters. The summed E-state index contributed by atoms with van der Waals surface area (Å²) in [6.07, 6.45) is 11.6. The molecule has 4 saturated carbocycles. The third kappa shape index (κ3) is 5.58. The van der Waals surface area contributed by atoms with Gasteiger partial charge >= 0.3 is 5.97 Å². The summed E-state index contributed by atoms with van der Waals surface area (Å²) in [5, 5.41) is 0. The third-order valence-electron chi connectivity index (χ3n) is 11.1. The van der Waals surface area contributed by atoms with Crippen LogP contribution in [-0.4, -0.2) is 41.9 Å². The lowest BCUT2D eigenvalue weighted by molar-refractivity contribution is -0.169. The van der Waals surface area contributed by atoms with Gasteiger partial charge in [0, 0.05) is 18.6 Å². The summed E-state index contributed by atoms with van der Waals surface area (Å²) in [6, 6.07) is 0. The Balaban J connectivity index is 1.61. The molecule has 0 bridgehead atoms. The van der Waals surface area contributed by atoms with E-state index >= 15 is 0 Å². The number of hydrogen-bond acceptors (Lipinski definition) is 4. The first-order valence-electron chi connectivity index (χ1n) is 15.0. The summed E-state index contributed by atoms with van der Waals surface area (Å²) in [5.41, 5.74) is 0.733. The quantitative estimate of drug-likeness (QED) is 0.245. The Kier molecular flexibility index (Phi) is 8.08. The van der Waals surface area contributed by atoms with Crippen molar-refractivity contribution in [2.45, 2.75) is 130 Å². The predicted octanol–water partition coefficient (Wildman–Crippen LogP) is 7.89. The van der Waals surface area contributed by atoms with Crippen LogP contribution < -0.4 is 0 Å². The van der Waals surface area contributed by atoms with E-state index in [4.69, 9.17) is 13.6 Å². The van der Waals surface area contributed by atoms with Crippen molar-refractivity contribution >= 4 is 22.6 Å². The van der Waals surface area contributed by atoms with Gasteiger partial charge in [-0.15, -0.1) is 0 Å². The first kappa shape index (κ1) is 28.8. The molecule has 4 nitrogen and oxygen atoms in total. The van der Waals surface area contributed by atoms with Gasteiger partial charge < -0.3 is 13.6 Å². The highest BCUT2D eigenvalue weighted by atomic mass is 28.4. The minimum absolute atomic E-state index is 0.0477. The molecule has 0 heterocycles. The summed E-state index contributed by atoms with van der Waals surface area (Å²) in [4.78, 5) is 12.1. The monoisotopic (exact) mass is 536 g/mol. The zero-order valence-corrected chi connectivity index (χ0v) is 27.1. The van der Waals surface area contributed by atoms with Crippen LogP contribution in [0.15, 0.2) is 0 Å². The van der Waals surface area contributed by atoms with Crippen molar-refractivity contribution in [2.75, 3.05) is 7.11 Å². The minimum Gasteiger partial charge on any atom is -0.469 e. The standard InChI is InChI=1S/C30H56O4Si2/c1-20(17-27(31)32-4)23-11-12-24-28-25(14-16-30(23,24)3)29(2)15-13-22(33-35(5,6)7)18-21(29)19-26(28)34-36(8,9)10/h20-26,28H,11-19H2,1-10H3/t20?,21-,22+,23?,24?,25?,26+,28?,29?,30?/m0/s1. The maximum absolute atomic E-state index is 12.1. The van der Waals surface area contributed by atoms with Crippen LogP contribution in [0.5, 0.6) is 0 Å². The molecular weight excluding hydrogens is 480 g/mol. The molecular formula is C30H56O4Si2. The molecule has 0 spiro atoms. The Morgan fingerprint density at radius 2 is 1.47 bits per heavy atom. The van der Waals surface area contributed by atoms with Gasteiger partial charge in [0.25, 0.3) is 0 Å². The number of rotatable bonds is 7. The number of carbonyl (C=O) groups excluding carboxylic acids is 1. The van der Waals surface area contributed by atoms with Crippen molar-refractivity contribution in [3.05, 3.63) is 0 Å². The Morgan fingerprint density at radius 3 is 2.08 bits per heavy atom. The summed E-state index contributed by atoms with van der Waals surface area (Å²) in [6.45, 7) is 21.7. The van der Waals surface area contributed by atoms with E-state index < -0.39 is 16.6 Å². The lowest BCUT2D eigenvalue weighted by atomic mass is 9.43. The van der Waals surface area contributed by atoms with Gasteiger partial charge in [0.05, 0.1) is 7.11 Å². The van der Waals surface area contributed by atoms with Crippen LogP contribution in [0, 0.1) is 46.3 Å². The van der Waals surface area contributed by atoms with Gasteiger partial charge in [0.15, 0.2) is 16.6 Å². The van der Waals surface area contributed by atoms with E-state index in [1.165, 1.54) is 58.5 Å². The molecule has 208 valence electrons. The van der Waals surface area contributed by atoms with Gasteiger partial charge in [-0.1, -0.05) is 20.8 Å². The zero-order chi connectivity index (χ0) is 26.7. The fourth-order valence-electron chi connectivity index (χ4n) is 9.81. The molecule has 0 N–H and O–H groups in total. The second-order valence-electron chi connectivity index (χ2n) is 15.6. The van der Waals surface area contributed by atoms with Gasteiger partial charge in [-0.2, -0.15) is 0 Å². The second-order valence-corrected chi connectivity index (χ2v) is 24.5. The predicted molar refractivity (Wildman–Crippen MR) is 153 cm³/mol. The lowest BCUT2D eigenvalue weighted by Gasteiger charge is -2.64. The highest BCUT2D eigenvalue weighted by Gasteiger charge is 2.63. The van der Waals surface area contributed by atoms with Crippen molar-refractivity contribution in [1.29, 1.82) is 0 Å². The Hall–Kier alpha value is -0.176. The molecule has 10 atom stereocenters. The first-order valence-corrected chi connectivity index (χ1v) is 21.8. The van der Waals surface area contributed by atoms with Crippen LogP contribution in [-0.2, 0) is 18.4 Å². The fraction of sp³-hybridized carbons (Fsp3) is 0.967. The SMILES string of the molecule is COC(=O)CC(C)C1CCC2C3C(CCC12C)C1(C)CC[C@@H](O[Si](C)(C)C)C[C@H]1C[C@H]3O[Si](C)(C)C. The van der Waals surface area contributed by atoms with Crippen molar-refractivity contribution < 1.29 is 18.4 Å². The zero-order valence-electron chi connectivity index (χ0n) is 25.1. The van der Waals surface area contributed by atoms with E-state index in [1.54, 1.807) is 0 Å². The molecule has 4 fully saturated rings. The lowest BCUT2D eigenvalue weighted by Crippen LogP contribution is -2.60. The third-order valence-corrected chi connectivity index (χ3v) is 13.2. The van der Waals surface area contributed by atoms with Crippen molar-refractivity contribution in [2.24, 2.45) is 46.3 Å². The van der Waals surface area contributed by atoms with Crippen molar-refractivity contribution in [1.82, 2.24) is 0 Å². The molecule has 0 aromatic heterocycles. The molecule has 0 aliphatic heterocycles. The van der Waals surface area contributed by atoms with Gasteiger partial charge in [-0.05, 0) is 137 Å². The molecule has 0 aromatic rings. The van der Waals surface area contributed by atoms with Crippen LogP contribution in [0.1, 0.15) is 78.6 Å². The van der Waals surface area contributed by atoms with E-state index in [2.05, 4.69) is 60.1 Å². The number of ether oxygens (including phenoxy) is 1. The molecule has 0 amide bonds. The largest absolute Gasteiger partial charge is 0.469 e. The second kappa shape index (κ2) is 10.1. The smallest absolute Gasteiger partial charge is 0.305 e. The van der Waals surface area contributed by atoms with Crippen LogP contribution in [0.25, 0.3) is 0 Å². The van der Waals surface area contributed by atoms with Crippen LogP contribution in [0.2, 0.25) is 39.3 Å². The van der Waals surface area contributed by atoms with Gasteiger partial charge in [-0.25, -0.2) is 0 Å². The average molecular weight is 537 g/mol. The Labute approximate surface area is 224 Å². The van der Waals surface area contributed by atoms with Crippen LogP contribution in [0.4, 0.5) is 0 Å². The summed E-state index contributed by atoms with van der Waals surface area (Å²) < 4.78 is 18.9. The van der Waals surface area contributed by atoms with Crippen LogP contribution >= 0.6 is 0 Å². The minimum atomic E-state index is -1.68. The topological polar surface area (TPSA) is 44.8 Å². The number of methoxy groups -OCH3 is 1. The highest BCUT2D eigenvalue weighted by molar-refractivity contribution is 6.70. The van der Waals surface area contributed by atoms with Crippen LogP contribution in [0.3, 0.4) is 0 Å². The summed E-state index contributed by atoms with van der Waals surface area (Å²) in [5.74, 6) is 3.82. The molecule has 4 rings (SSSR count). The van der Waals surface area contributed by atoms with E-state index in [0.717, 1.165) is 17.8 Å². The molecule has 0 saturated heterocycles. The maximum Gasteiger partial charge on any atom is 0.305 e. The van der Waals surface area contributed by atoms with E-state index in [1.807, 2.05) is 0 Å². The molecule has 6 heteroatoms. The number of hydrogen-bond donors (Lipinski definition) is 0. The van der Waals surface area contributed by atoms with Gasteiger partial charge in [0.2, 0.25) is 0 Å². The van der Waals surface area contributed by atoms with Crippen molar-refractivity contribution in [3.63, 3.8) is 0 Å². The molecule has 0 aromatic carbocycles. The van der Waals surface area contributed by atoms with E-state index in [9.17, 15) is 4.79 Å². The van der Waals surface area contributed by atoms with Gasteiger partial charge in [0.1, 0.15) is 0 Å². The molecule has 4 aliphatic carbocycles. The number of esters is 1. The number of carbonyl (C=O) groups is 1. The molecule has 36 heavy (non-hydrogen) atoms. The Morgan fingerprint density at radius 1 is 0.861 bits per heavy atom. The normalized spacial score (nSPS) is 43.8. The van der Waals surface area contributed by atoms with E-state index in [0.29, 0.717) is 47.2 Å². The summed E-state index contributed by atoms with van der Waals surface area (Å²) in [7, 11) is -1.68. The first-order chi connectivity index (χ1) is 16.6. The average Bonchev–Trinajstić information content (AvgIpc) is 3.09. The van der Waals surface area contributed by atoms with Crippen molar-refractivity contribution in [3.8, 4) is 0 Å². The summed E-state index contributed by atoms with van der Waals surface area (Å²) >= 11 is 0. The Bertz CT molecular complexity index is 804. The molecule has 0 radical (unpaired) electrons. The highest BCUT2D eigenvalue weighted by Crippen LogP contribution is 2.69. The molecule has 4 aliphatic rings. The van der Waals surface area contributed by atoms with E-state index in [-0.39, 0.29) is 5.97 Å². The fourth-order valence-corrected chi connectivity index (χ4v) is 12.2. The number of fused-ring (bicyclic) bond motifs is 5. The van der Waals surface area contributed by atoms with Gasteiger partial charge in [-0.3, -0.25) is 4.79 Å². The maximum atomic E-state index is 12.1.